The number of esters is 2. The molecule has 2 atom stereocenters. The van der Waals surface area contributed by atoms with Gasteiger partial charge in [-0.2, -0.15) is 0 Å². The average Bonchev–Trinajstić information content (AvgIpc) is 3.42. The van der Waals surface area contributed by atoms with E-state index in [0.717, 1.165) is 38.5 Å². The molecule has 0 aromatic heterocycles. The second-order valence-corrected chi connectivity index (χ2v) is 25.6. The van der Waals surface area contributed by atoms with Crippen LogP contribution in [0.3, 0.4) is 0 Å². The zero-order valence-electron chi connectivity index (χ0n) is 53.8. The number of nitrogens with zero attached hydrogens (tertiary/aromatic N) is 1. The van der Waals surface area contributed by atoms with Crippen molar-refractivity contribution in [1.82, 2.24) is 0 Å². The molecule has 0 aliphatic rings. The van der Waals surface area contributed by atoms with Gasteiger partial charge in [-0.05, 0) is 12.8 Å². The third-order valence-corrected chi connectivity index (χ3v) is 16.4. The van der Waals surface area contributed by atoms with E-state index in [9.17, 15) is 19.5 Å². The van der Waals surface area contributed by atoms with E-state index in [0.29, 0.717) is 17.4 Å². The molecule has 0 amide bonds. The lowest BCUT2D eigenvalue weighted by molar-refractivity contribution is -0.870. The minimum absolute atomic E-state index is 0.172. The van der Waals surface area contributed by atoms with Gasteiger partial charge in [0.2, 0.25) is 0 Å². The average molecular weight is 1120 g/mol. The van der Waals surface area contributed by atoms with Crippen molar-refractivity contribution in [3.05, 3.63) is 0 Å². The summed E-state index contributed by atoms with van der Waals surface area (Å²) in [5, 5.41) is 9.73. The fraction of sp³-hybridized carbons (Fsp3) is 0.957. The van der Waals surface area contributed by atoms with E-state index in [-0.39, 0.29) is 38.2 Å². The number of unbranched alkanes of at least 4 members (excludes halogenated alkanes) is 52. The number of quaternary nitrogens is 1. The Hall–Kier alpha value is -1.71. The lowest BCUT2D eigenvalue weighted by Crippen LogP contribution is -2.40. The Bertz CT molecular complexity index is 1260. The number of hydrogen-bond acceptors (Lipinski definition) is 7. The van der Waals surface area contributed by atoms with Crippen LogP contribution >= 0.6 is 0 Å². The Labute approximate surface area is 492 Å². The van der Waals surface area contributed by atoms with E-state index >= 15 is 0 Å². The lowest BCUT2D eigenvalue weighted by Gasteiger charge is -2.25. The first-order valence-electron chi connectivity index (χ1n) is 35.2. The summed E-state index contributed by atoms with van der Waals surface area (Å²) in [5.41, 5.74) is 0. The van der Waals surface area contributed by atoms with Gasteiger partial charge in [-0.15, -0.1) is 0 Å². The molecule has 2 unspecified atom stereocenters. The van der Waals surface area contributed by atoms with Crippen LogP contribution in [-0.4, -0.2) is 87.4 Å². The number of rotatable bonds is 67. The van der Waals surface area contributed by atoms with Crippen molar-refractivity contribution in [3.8, 4) is 0 Å². The second kappa shape index (κ2) is 62.3. The van der Waals surface area contributed by atoms with Gasteiger partial charge in [0, 0.05) is 12.8 Å². The standard InChI is InChI=1S/C70H137NO8/c1-6-8-10-12-14-16-18-20-22-24-25-26-27-28-29-30-31-32-33-34-35-36-37-38-39-40-41-42-43-45-47-49-51-53-55-57-59-61-68(73)79-66(65-78-70(69(74)75)76-63-62-71(3,4)5)64-77-67(72)60-58-56-54-52-50-48-46-44-23-21-19-17-15-13-11-9-7-2/h66,70H,6-65H2,1-5H3/p+1. The molecule has 9 nitrogen and oxygen atoms in total. The Morgan fingerprint density at radius 2 is 0.570 bits per heavy atom. The van der Waals surface area contributed by atoms with Crippen molar-refractivity contribution < 1.29 is 42.9 Å². The van der Waals surface area contributed by atoms with E-state index in [1.54, 1.807) is 0 Å². The van der Waals surface area contributed by atoms with Crippen molar-refractivity contribution in [1.29, 1.82) is 0 Å². The van der Waals surface area contributed by atoms with Gasteiger partial charge in [-0.3, -0.25) is 9.59 Å². The third kappa shape index (κ3) is 63.7. The lowest BCUT2D eigenvalue weighted by atomic mass is 10.0. The van der Waals surface area contributed by atoms with Crippen LogP contribution in [0.15, 0.2) is 0 Å². The molecule has 1 N–H and O–H groups in total. The van der Waals surface area contributed by atoms with Crippen LogP contribution in [0.1, 0.15) is 373 Å². The smallest absolute Gasteiger partial charge is 0.361 e. The third-order valence-electron chi connectivity index (χ3n) is 16.4. The van der Waals surface area contributed by atoms with Crippen LogP contribution < -0.4 is 0 Å². The van der Waals surface area contributed by atoms with E-state index in [1.807, 2.05) is 21.1 Å². The topological polar surface area (TPSA) is 108 Å². The number of ether oxygens (including phenoxy) is 4. The van der Waals surface area contributed by atoms with Crippen molar-refractivity contribution in [3.63, 3.8) is 0 Å². The van der Waals surface area contributed by atoms with Crippen LogP contribution in [-0.2, 0) is 33.3 Å². The summed E-state index contributed by atoms with van der Waals surface area (Å²) in [6.45, 7) is 4.96. The summed E-state index contributed by atoms with van der Waals surface area (Å²) in [6.07, 6.45) is 71.0. The zero-order chi connectivity index (χ0) is 57.6. The van der Waals surface area contributed by atoms with Crippen LogP contribution in [0.5, 0.6) is 0 Å². The molecule has 0 rings (SSSR count). The number of hydrogen-bond donors (Lipinski definition) is 1. The molecule has 0 aliphatic heterocycles. The number of aliphatic carboxylic acids is 1. The molecule has 0 radical (unpaired) electrons. The summed E-state index contributed by atoms with van der Waals surface area (Å²) in [6, 6.07) is 0. The highest BCUT2D eigenvalue weighted by Crippen LogP contribution is 2.20. The molecule has 0 spiro atoms. The molecule has 0 saturated carbocycles. The molecule has 470 valence electrons. The van der Waals surface area contributed by atoms with Crippen molar-refractivity contribution in [2.45, 2.75) is 386 Å². The van der Waals surface area contributed by atoms with Gasteiger partial charge in [0.15, 0.2) is 6.10 Å². The first kappa shape index (κ1) is 77.3. The molecule has 0 fully saturated rings. The van der Waals surface area contributed by atoms with Crippen molar-refractivity contribution in [2.24, 2.45) is 0 Å². The molecule has 79 heavy (non-hydrogen) atoms. The van der Waals surface area contributed by atoms with E-state index in [1.165, 1.54) is 308 Å². The minimum atomic E-state index is -1.50. The Morgan fingerprint density at radius 1 is 0.329 bits per heavy atom. The molecule has 0 aliphatic carbocycles. The van der Waals surface area contributed by atoms with Gasteiger partial charge in [0.05, 0.1) is 34.4 Å². The molecule has 9 heteroatoms. The monoisotopic (exact) mass is 1120 g/mol. The number of carbonyl (C=O) groups excluding carboxylic acids is 2. The van der Waals surface area contributed by atoms with Gasteiger partial charge in [-0.1, -0.05) is 348 Å². The molecule has 0 bridgehead atoms. The maximum atomic E-state index is 12.9. The van der Waals surface area contributed by atoms with E-state index < -0.39 is 18.4 Å². The predicted octanol–water partition coefficient (Wildman–Crippen LogP) is 21.5. The maximum Gasteiger partial charge on any atom is 0.361 e. The van der Waals surface area contributed by atoms with Crippen LogP contribution in [0.25, 0.3) is 0 Å². The fourth-order valence-electron chi connectivity index (χ4n) is 11.0. The highest BCUT2D eigenvalue weighted by Gasteiger charge is 2.25. The van der Waals surface area contributed by atoms with Crippen molar-refractivity contribution >= 4 is 17.9 Å². The number of likely N-dealkylation sites (N-methyl/N-ethyl adjacent to an activating group) is 1. The van der Waals surface area contributed by atoms with Gasteiger partial charge >= 0.3 is 17.9 Å². The molecule has 0 heterocycles. The maximum absolute atomic E-state index is 12.9. The summed E-state index contributed by atoms with van der Waals surface area (Å²) >= 11 is 0. The summed E-state index contributed by atoms with van der Waals surface area (Å²) in [4.78, 5) is 37.5. The Morgan fingerprint density at radius 3 is 0.810 bits per heavy atom. The van der Waals surface area contributed by atoms with Crippen LogP contribution in [0, 0.1) is 0 Å². The first-order valence-corrected chi connectivity index (χ1v) is 35.2. The number of carbonyl (C=O) groups is 3. The summed E-state index contributed by atoms with van der Waals surface area (Å²) < 4.78 is 23.0. The quantitative estimate of drug-likeness (QED) is 0.0278. The van der Waals surface area contributed by atoms with Gasteiger partial charge in [-0.25, -0.2) is 4.79 Å². The minimum Gasteiger partial charge on any atom is -0.477 e. The molecular formula is C70H138NO8+. The highest BCUT2D eigenvalue weighted by atomic mass is 16.7. The summed E-state index contributed by atoms with van der Waals surface area (Å²) in [5.74, 6) is -1.97. The Kier molecular flexibility index (Phi) is 61.0. The van der Waals surface area contributed by atoms with Gasteiger partial charge in [0.1, 0.15) is 13.2 Å². The fourth-order valence-corrected chi connectivity index (χ4v) is 11.0. The normalized spacial score (nSPS) is 12.6. The highest BCUT2D eigenvalue weighted by molar-refractivity contribution is 5.71. The van der Waals surface area contributed by atoms with Gasteiger partial charge in [0.25, 0.3) is 6.29 Å². The zero-order valence-corrected chi connectivity index (χ0v) is 53.8. The van der Waals surface area contributed by atoms with E-state index in [2.05, 4.69) is 13.8 Å². The SMILES string of the molecule is CCCCCCCCCCCCCCCCCCCCCCCCCCCCCCCCCCCCCCCC(=O)OC(COC(=O)CCCCCCCCCCCCCCCCCCC)COC(OCC[N+](C)(C)C)C(=O)O. The largest absolute Gasteiger partial charge is 0.477 e. The molecule has 0 aromatic carbocycles. The molecule has 0 aromatic rings. The molecular weight excluding hydrogens is 983 g/mol. The number of carboxylic acid groups (broad SMARTS) is 1. The number of carboxylic acids is 1. The van der Waals surface area contributed by atoms with Gasteiger partial charge < -0.3 is 28.5 Å². The predicted molar refractivity (Wildman–Crippen MR) is 337 cm³/mol. The Balaban J connectivity index is 3.93. The van der Waals surface area contributed by atoms with Crippen LogP contribution in [0.2, 0.25) is 0 Å². The second-order valence-electron chi connectivity index (χ2n) is 25.6. The molecule has 0 saturated heterocycles. The van der Waals surface area contributed by atoms with Crippen molar-refractivity contribution in [2.75, 3.05) is 47.5 Å². The first-order chi connectivity index (χ1) is 38.6. The van der Waals surface area contributed by atoms with Crippen LogP contribution in [0.4, 0.5) is 0 Å². The summed E-state index contributed by atoms with van der Waals surface area (Å²) in [7, 11) is 5.99. The van der Waals surface area contributed by atoms with E-state index in [4.69, 9.17) is 18.9 Å².